The minimum Gasteiger partial charge on any atom is -0.326 e. The Hall–Kier alpha value is -1.64. The van der Waals surface area contributed by atoms with Gasteiger partial charge in [-0.15, -0.1) is 0 Å². The lowest BCUT2D eigenvalue weighted by atomic mass is 10.1. The molecule has 1 rings (SSSR count). The summed E-state index contributed by atoms with van der Waals surface area (Å²) in [4.78, 5) is 21.3. The van der Waals surface area contributed by atoms with Gasteiger partial charge in [-0.3, -0.25) is 4.79 Å². The third kappa shape index (κ3) is 3.01. The van der Waals surface area contributed by atoms with Gasteiger partial charge in [-0.2, -0.15) is 0 Å². The standard InChI is InChI=1S/C11H13NO2/c1-9(14)12-11-6-4-2-3-5-10(11)7-8-13/h2,4-6,8H,3,7H2,1H3,(H,12,14). The van der Waals surface area contributed by atoms with E-state index in [0.29, 0.717) is 6.42 Å². The van der Waals surface area contributed by atoms with Crippen molar-refractivity contribution in [3.63, 3.8) is 0 Å². The number of carbonyl (C=O) groups excluding carboxylic acids is 2. The van der Waals surface area contributed by atoms with Crippen LogP contribution in [0, 0.1) is 0 Å². The fourth-order valence-electron chi connectivity index (χ4n) is 1.26. The van der Waals surface area contributed by atoms with Crippen molar-refractivity contribution in [2.45, 2.75) is 19.8 Å². The Kier molecular flexibility index (Phi) is 3.85. The second-order valence-corrected chi connectivity index (χ2v) is 3.03. The molecule has 0 fully saturated rings. The van der Waals surface area contributed by atoms with Crippen molar-refractivity contribution >= 4 is 12.2 Å². The molecule has 1 aliphatic rings. The molecule has 1 aliphatic carbocycles. The van der Waals surface area contributed by atoms with Crippen molar-refractivity contribution < 1.29 is 9.59 Å². The Bertz CT molecular complexity index is 324. The Balaban J connectivity index is 2.83. The van der Waals surface area contributed by atoms with Crippen LogP contribution in [0.25, 0.3) is 0 Å². The second kappa shape index (κ2) is 5.17. The highest BCUT2D eigenvalue weighted by molar-refractivity contribution is 5.76. The van der Waals surface area contributed by atoms with E-state index in [2.05, 4.69) is 5.32 Å². The van der Waals surface area contributed by atoms with Crippen LogP contribution in [0.4, 0.5) is 0 Å². The summed E-state index contributed by atoms with van der Waals surface area (Å²) in [5.41, 5.74) is 1.60. The van der Waals surface area contributed by atoms with Crippen LogP contribution in [0.3, 0.4) is 0 Å². The van der Waals surface area contributed by atoms with Gasteiger partial charge in [-0.05, 0) is 18.1 Å². The number of allylic oxidation sites excluding steroid dienone is 5. The van der Waals surface area contributed by atoms with Crippen LogP contribution >= 0.6 is 0 Å². The van der Waals surface area contributed by atoms with Crippen LogP contribution in [0.5, 0.6) is 0 Å². The molecular formula is C11H13NO2. The van der Waals surface area contributed by atoms with E-state index in [-0.39, 0.29) is 5.91 Å². The zero-order valence-electron chi connectivity index (χ0n) is 8.12. The molecule has 0 spiro atoms. The first kappa shape index (κ1) is 10.4. The number of hydrogen-bond donors (Lipinski definition) is 1. The molecule has 14 heavy (non-hydrogen) atoms. The molecule has 3 nitrogen and oxygen atoms in total. The molecule has 0 bridgehead atoms. The third-order valence-electron chi connectivity index (χ3n) is 1.86. The summed E-state index contributed by atoms with van der Waals surface area (Å²) in [6.07, 6.45) is 9.58. The first-order valence-corrected chi connectivity index (χ1v) is 4.51. The van der Waals surface area contributed by atoms with Crippen LogP contribution in [0.15, 0.2) is 35.6 Å². The van der Waals surface area contributed by atoms with Crippen molar-refractivity contribution in [3.05, 3.63) is 35.6 Å². The van der Waals surface area contributed by atoms with Crippen LogP contribution in [-0.4, -0.2) is 12.2 Å². The van der Waals surface area contributed by atoms with Gasteiger partial charge in [0.15, 0.2) is 0 Å². The van der Waals surface area contributed by atoms with E-state index in [1.54, 1.807) is 0 Å². The van der Waals surface area contributed by atoms with Crippen LogP contribution < -0.4 is 5.32 Å². The van der Waals surface area contributed by atoms with Gasteiger partial charge in [0.1, 0.15) is 6.29 Å². The minimum absolute atomic E-state index is 0.122. The van der Waals surface area contributed by atoms with Gasteiger partial charge in [0.2, 0.25) is 5.91 Å². The largest absolute Gasteiger partial charge is 0.326 e. The summed E-state index contributed by atoms with van der Waals surface area (Å²) in [7, 11) is 0. The van der Waals surface area contributed by atoms with Crippen LogP contribution in [-0.2, 0) is 9.59 Å². The van der Waals surface area contributed by atoms with Gasteiger partial charge in [-0.25, -0.2) is 0 Å². The molecule has 0 saturated heterocycles. The quantitative estimate of drug-likeness (QED) is 0.687. The Morgan fingerprint density at radius 1 is 1.64 bits per heavy atom. The lowest BCUT2D eigenvalue weighted by Gasteiger charge is -2.08. The average Bonchev–Trinajstić information content (AvgIpc) is 2.32. The number of nitrogens with one attached hydrogen (secondary N) is 1. The fraction of sp³-hybridized carbons (Fsp3) is 0.273. The van der Waals surface area contributed by atoms with Gasteiger partial charge in [0.25, 0.3) is 0 Å². The Labute approximate surface area is 83.2 Å². The molecule has 1 N–H and O–H groups in total. The number of rotatable bonds is 3. The van der Waals surface area contributed by atoms with Gasteiger partial charge in [0.05, 0.1) is 0 Å². The highest BCUT2D eigenvalue weighted by Gasteiger charge is 2.06. The third-order valence-corrected chi connectivity index (χ3v) is 1.86. The van der Waals surface area contributed by atoms with Crippen molar-refractivity contribution in [1.29, 1.82) is 0 Å². The highest BCUT2D eigenvalue weighted by Crippen LogP contribution is 2.14. The zero-order valence-corrected chi connectivity index (χ0v) is 8.12. The maximum atomic E-state index is 10.9. The monoisotopic (exact) mass is 191 g/mol. The molecule has 0 aliphatic heterocycles. The lowest BCUT2D eigenvalue weighted by molar-refractivity contribution is -0.118. The van der Waals surface area contributed by atoms with E-state index in [0.717, 1.165) is 24.0 Å². The number of aldehydes is 1. The molecule has 0 heterocycles. The predicted molar refractivity (Wildman–Crippen MR) is 54.4 cm³/mol. The zero-order chi connectivity index (χ0) is 10.4. The van der Waals surface area contributed by atoms with Gasteiger partial charge < -0.3 is 10.1 Å². The molecular weight excluding hydrogens is 178 g/mol. The van der Waals surface area contributed by atoms with Gasteiger partial charge in [-0.1, -0.05) is 18.2 Å². The van der Waals surface area contributed by atoms with E-state index >= 15 is 0 Å². The van der Waals surface area contributed by atoms with Crippen molar-refractivity contribution in [3.8, 4) is 0 Å². The van der Waals surface area contributed by atoms with Crippen molar-refractivity contribution in [2.24, 2.45) is 0 Å². The summed E-state index contributed by atoms with van der Waals surface area (Å²) < 4.78 is 0. The highest BCUT2D eigenvalue weighted by atomic mass is 16.1. The van der Waals surface area contributed by atoms with E-state index in [1.165, 1.54) is 6.92 Å². The molecule has 0 aromatic carbocycles. The maximum absolute atomic E-state index is 10.9. The molecule has 0 radical (unpaired) electrons. The first-order valence-electron chi connectivity index (χ1n) is 4.51. The maximum Gasteiger partial charge on any atom is 0.221 e. The van der Waals surface area contributed by atoms with Crippen molar-refractivity contribution in [2.75, 3.05) is 0 Å². The SMILES string of the molecule is CC(=O)NC1=CC=CCC=C1CC=O. The number of hydrogen-bond acceptors (Lipinski definition) is 2. The predicted octanol–water partition coefficient (Wildman–Crippen LogP) is 1.48. The molecule has 0 unspecified atom stereocenters. The average molecular weight is 191 g/mol. The number of amides is 1. The molecule has 0 atom stereocenters. The summed E-state index contributed by atoms with van der Waals surface area (Å²) in [5.74, 6) is -0.122. The van der Waals surface area contributed by atoms with Gasteiger partial charge >= 0.3 is 0 Å². The van der Waals surface area contributed by atoms with E-state index in [4.69, 9.17) is 0 Å². The smallest absolute Gasteiger partial charge is 0.221 e. The number of carbonyl (C=O) groups is 2. The summed E-state index contributed by atoms with van der Waals surface area (Å²) in [6, 6.07) is 0. The summed E-state index contributed by atoms with van der Waals surface area (Å²) >= 11 is 0. The van der Waals surface area contributed by atoms with Crippen LogP contribution in [0.1, 0.15) is 19.8 Å². The first-order chi connectivity index (χ1) is 6.74. The topological polar surface area (TPSA) is 46.2 Å². The van der Waals surface area contributed by atoms with E-state index < -0.39 is 0 Å². The molecule has 3 heteroatoms. The lowest BCUT2D eigenvalue weighted by Crippen LogP contribution is -2.20. The van der Waals surface area contributed by atoms with E-state index in [9.17, 15) is 9.59 Å². The normalized spacial score (nSPS) is 15.2. The van der Waals surface area contributed by atoms with E-state index in [1.807, 2.05) is 24.3 Å². The van der Waals surface area contributed by atoms with Gasteiger partial charge in [0, 0.05) is 19.0 Å². The van der Waals surface area contributed by atoms with Crippen molar-refractivity contribution in [1.82, 2.24) is 5.32 Å². The van der Waals surface area contributed by atoms with Crippen LogP contribution in [0.2, 0.25) is 0 Å². The second-order valence-electron chi connectivity index (χ2n) is 3.03. The Morgan fingerprint density at radius 3 is 3.07 bits per heavy atom. The Morgan fingerprint density at radius 2 is 2.43 bits per heavy atom. The summed E-state index contributed by atoms with van der Waals surface area (Å²) in [6.45, 7) is 1.45. The minimum atomic E-state index is -0.122. The molecule has 0 saturated carbocycles. The molecule has 0 aromatic heterocycles. The molecule has 1 amide bonds. The summed E-state index contributed by atoms with van der Waals surface area (Å²) in [5, 5.41) is 2.70. The molecule has 0 aromatic rings. The fourth-order valence-corrected chi connectivity index (χ4v) is 1.26. The molecule has 74 valence electrons.